The highest BCUT2D eigenvalue weighted by molar-refractivity contribution is 8.00. The highest BCUT2D eigenvalue weighted by Gasteiger charge is 2.39. The minimum Gasteiger partial charge on any atom is -0.497 e. The minimum absolute atomic E-state index is 0.137. The van der Waals surface area contributed by atoms with Gasteiger partial charge >= 0.3 is 0 Å². The molecule has 1 N–H and O–H groups in total. The molecule has 2 amide bonds. The van der Waals surface area contributed by atoms with Crippen LogP contribution in [0.25, 0.3) is 16.9 Å². The fourth-order valence-corrected chi connectivity index (χ4v) is 6.70. The Hall–Kier alpha value is -5.09. The van der Waals surface area contributed by atoms with E-state index in [1.54, 1.807) is 31.5 Å². The van der Waals surface area contributed by atoms with E-state index in [4.69, 9.17) is 14.6 Å². The maximum absolute atomic E-state index is 14.1. The molecule has 1 unspecified atom stereocenters. The van der Waals surface area contributed by atoms with Crippen molar-refractivity contribution in [3.8, 4) is 28.4 Å². The molecule has 0 radical (unpaired) electrons. The molecule has 0 saturated carbocycles. The molecule has 5 aromatic rings. The van der Waals surface area contributed by atoms with E-state index < -0.39 is 0 Å². The molecule has 0 saturated heterocycles. The van der Waals surface area contributed by atoms with Crippen LogP contribution in [0.1, 0.15) is 27.5 Å². The minimum atomic E-state index is -0.370. The summed E-state index contributed by atoms with van der Waals surface area (Å²) in [4.78, 5) is 33.3. The third kappa shape index (κ3) is 6.14. The Morgan fingerprint density at radius 1 is 1.00 bits per heavy atom. The predicted octanol–water partition coefficient (Wildman–Crippen LogP) is 5.75. The van der Waals surface area contributed by atoms with E-state index in [-0.39, 0.29) is 29.4 Å². The number of hydrogen-bond acceptors (Lipinski definition) is 7. The largest absolute Gasteiger partial charge is 0.497 e. The summed E-state index contributed by atoms with van der Waals surface area (Å²) < 4.78 is 13.3. The van der Waals surface area contributed by atoms with E-state index in [0.29, 0.717) is 29.6 Å². The molecule has 0 spiro atoms. The Balaban J connectivity index is 1.56. The number of pyridine rings is 1. The summed E-state index contributed by atoms with van der Waals surface area (Å²) in [5.41, 5.74) is 5.92. The fraction of sp³-hybridized carbons (Fsp3) is 0.200. The van der Waals surface area contributed by atoms with Crippen molar-refractivity contribution >= 4 is 29.4 Å². The van der Waals surface area contributed by atoms with Gasteiger partial charge in [-0.05, 0) is 48.4 Å². The molecule has 9 nitrogen and oxygen atoms in total. The topological polar surface area (TPSA) is 98.6 Å². The number of amides is 2. The SMILES string of the molecule is COc1ccc(OC)c(C2SCC(=O)N(CC(=O)NCc3cccnc3)c3c2c(-c2ccccc2)nn3-c2ccccc2C)c1. The third-order valence-corrected chi connectivity index (χ3v) is 8.95. The number of anilines is 1. The zero-order valence-electron chi connectivity index (χ0n) is 25.3. The lowest BCUT2D eigenvalue weighted by molar-refractivity contribution is -0.123. The summed E-state index contributed by atoms with van der Waals surface area (Å²) in [7, 11) is 3.25. The number of carbonyl (C=O) groups is 2. The predicted molar refractivity (Wildman–Crippen MR) is 176 cm³/mol. The van der Waals surface area contributed by atoms with Crippen molar-refractivity contribution in [1.82, 2.24) is 20.1 Å². The lowest BCUT2D eigenvalue weighted by Gasteiger charge is -2.24. The van der Waals surface area contributed by atoms with Crippen molar-refractivity contribution in [1.29, 1.82) is 0 Å². The average molecular weight is 620 g/mol. The zero-order valence-corrected chi connectivity index (χ0v) is 26.1. The van der Waals surface area contributed by atoms with E-state index in [1.807, 2.05) is 96.5 Å². The summed E-state index contributed by atoms with van der Waals surface area (Å²) in [5.74, 6) is 1.53. The van der Waals surface area contributed by atoms with Gasteiger partial charge in [-0.25, -0.2) is 4.68 Å². The Morgan fingerprint density at radius 3 is 2.53 bits per heavy atom. The van der Waals surface area contributed by atoms with Gasteiger partial charge in [0.2, 0.25) is 11.8 Å². The van der Waals surface area contributed by atoms with Crippen LogP contribution in [0.5, 0.6) is 11.5 Å². The first-order valence-corrected chi connectivity index (χ1v) is 15.6. The highest BCUT2D eigenvalue weighted by Crippen LogP contribution is 2.51. The maximum atomic E-state index is 14.1. The number of hydrogen-bond donors (Lipinski definition) is 1. The second-order valence-corrected chi connectivity index (χ2v) is 11.7. The van der Waals surface area contributed by atoms with Gasteiger partial charge in [0.25, 0.3) is 0 Å². The van der Waals surface area contributed by atoms with Crippen LogP contribution in [0.15, 0.2) is 97.3 Å². The lowest BCUT2D eigenvalue weighted by Crippen LogP contribution is -2.42. The number of nitrogens with one attached hydrogen (secondary N) is 1. The fourth-order valence-electron chi connectivity index (χ4n) is 5.49. The van der Waals surface area contributed by atoms with Crippen molar-refractivity contribution in [2.75, 3.05) is 31.4 Å². The summed E-state index contributed by atoms with van der Waals surface area (Å²) >= 11 is 1.48. The van der Waals surface area contributed by atoms with Crippen LogP contribution in [-0.4, -0.2) is 53.1 Å². The van der Waals surface area contributed by atoms with Gasteiger partial charge in [-0.3, -0.25) is 19.5 Å². The average Bonchev–Trinajstić information content (AvgIpc) is 3.40. The standard InChI is InChI=1S/C35H33N5O4S/c1-23-10-7-8-14-28(23)40-35-32(33(38-40)25-12-5-4-6-13-25)34(27-18-26(43-2)15-16-29(27)44-3)45-22-31(42)39(35)21-30(41)37-20-24-11-9-17-36-19-24/h4-19,34H,20-22H2,1-3H3,(H,37,41). The van der Waals surface area contributed by atoms with Gasteiger partial charge in [0, 0.05) is 35.6 Å². The number of methoxy groups -OCH3 is 2. The van der Waals surface area contributed by atoms with E-state index in [1.165, 1.54) is 11.8 Å². The summed E-state index contributed by atoms with van der Waals surface area (Å²) in [6, 6.07) is 27.2. The number of nitrogens with zero attached hydrogens (tertiary/aromatic N) is 4. The second kappa shape index (κ2) is 13.3. The summed E-state index contributed by atoms with van der Waals surface area (Å²) in [5, 5.41) is 7.78. The number of carbonyl (C=O) groups excluding carboxylic acids is 2. The Kier molecular flexibility index (Phi) is 8.84. The molecule has 1 atom stereocenters. The second-order valence-electron chi connectivity index (χ2n) is 10.6. The van der Waals surface area contributed by atoms with Crippen molar-refractivity contribution in [2.24, 2.45) is 0 Å². The van der Waals surface area contributed by atoms with E-state index >= 15 is 0 Å². The van der Waals surface area contributed by atoms with Crippen molar-refractivity contribution in [3.63, 3.8) is 0 Å². The molecule has 0 fully saturated rings. The molecule has 0 bridgehead atoms. The first kappa shape index (κ1) is 30.0. The van der Waals surface area contributed by atoms with Crippen molar-refractivity contribution in [2.45, 2.75) is 18.7 Å². The number of aryl methyl sites for hydroxylation is 1. The number of ether oxygens (including phenoxy) is 2. The van der Waals surface area contributed by atoms with Crippen LogP contribution in [0.4, 0.5) is 5.82 Å². The molecule has 228 valence electrons. The van der Waals surface area contributed by atoms with Gasteiger partial charge in [0.1, 0.15) is 23.9 Å². The number of rotatable bonds is 9. The molecular weight excluding hydrogens is 586 g/mol. The Morgan fingerprint density at radius 2 is 1.80 bits per heavy atom. The normalized spacial score (nSPS) is 14.4. The van der Waals surface area contributed by atoms with Crippen LogP contribution in [0, 0.1) is 6.92 Å². The van der Waals surface area contributed by atoms with E-state index in [9.17, 15) is 9.59 Å². The number of para-hydroxylation sites is 1. The van der Waals surface area contributed by atoms with E-state index in [2.05, 4.69) is 10.3 Å². The Labute approximate surface area is 266 Å². The van der Waals surface area contributed by atoms with Gasteiger partial charge in [0.15, 0.2) is 0 Å². The Bertz CT molecular complexity index is 1830. The summed E-state index contributed by atoms with van der Waals surface area (Å²) in [6.45, 7) is 2.12. The van der Waals surface area contributed by atoms with Crippen LogP contribution in [0.3, 0.4) is 0 Å². The quantitative estimate of drug-likeness (QED) is 0.225. The van der Waals surface area contributed by atoms with Gasteiger partial charge < -0.3 is 14.8 Å². The smallest absolute Gasteiger partial charge is 0.240 e. The van der Waals surface area contributed by atoms with Crippen molar-refractivity contribution < 1.29 is 19.1 Å². The van der Waals surface area contributed by atoms with Crippen LogP contribution < -0.4 is 19.7 Å². The molecule has 3 aromatic carbocycles. The number of benzene rings is 3. The third-order valence-electron chi connectivity index (χ3n) is 7.71. The molecule has 3 heterocycles. The lowest BCUT2D eigenvalue weighted by atomic mass is 9.98. The maximum Gasteiger partial charge on any atom is 0.240 e. The molecule has 2 aromatic heterocycles. The molecule has 6 rings (SSSR count). The van der Waals surface area contributed by atoms with Crippen LogP contribution in [0.2, 0.25) is 0 Å². The van der Waals surface area contributed by atoms with Gasteiger partial charge in [-0.15, -0.1) is 11.8 Å². The molecule has 45 heavy (non-hydrogen) atoms. The zero-order chi connectivity index (χ0) is 31.3. The van der Waals surface area contributed by atoms with E-state index in [0.717, 1.165) is 33.5 Å². The van der Waals surface area contributed by atoms with Crippen molar-refractivity contribution in [3.05, 3.63) is 120 Å². The number of aromatic nitrogens is 3. The highest BCUT2D eigenvalue weighted by atomic mass is 32.2. The number of thioether (sulfide) groups is 1. The van der Waals surface area contributed by atoms with Gasteiger partial charge in [-0.2, -0.15) is 5.10 Å². The first-order valence-electron chi connectivity index (χ1n) is 14.5. The first-order chi connectivity index (χ1) is 22.0. The molecule has 0 aliphatic carbocycles. The molecule has 1 aliphatic heterocycles. The van der Waals surface area contributed by atoms with Crippen LogP contribution >= 0.6 is 11.8 Å². The molecule has 1 aliphatic rings. The summed E-state index contributed by atoms with van der Waals surface area (Å²) in [6.07, 6.45) is 3.39. The van der Waals surface area contributed by atoms with Crippen LogP contribution in [-0.2, 0) is 16.1 Å². The molecular formula is C35H33N5O4S. The van der Waals surface area contributed by atoms with Gasteiger partial charge in [-0.1, -0.05) is 54.6 Å². The molecule has 10 heteroatoms. The number of fused-ring (bicyclic) bond motifs is 1. The monoisotopic (exact) mass is 619 g/mol. The van der Waals surface area contributed by atoms with Gasteiger partial charge in [0.05, 0.1) is 36.6 Å².